The molecule has 2 rings (SSSR count). The molecule has 0 amide bonds. The maximum Gasteiger partial charge on any atom is 0.376 e. The second-order valence-electron chi connectivity index (χ2n) is 5.60. The van der Waals surface area contributed by atoms with Crippen LogP contribution in [-0.2, 0) is 10.2 Å². The Labute approximate surface area is 136 Å². The van der Waals surface area contributed by atoms with Crippen LogP contribution >= 0.6 is 27.5 Å². The summed E-state index contributed by atoms with van der Waals surface area (Å²) in [6.45, 7) is 5.86. The fourth-order valence-corrected chi connectivity index (χ4v) is 2.72. The molecule has 0 spiro atoms. The van der Waals surface area contributed by atoms with Crippen LogP contribution in [0.2, 0.25) is 5.02 Å². The number of ether oxygens (including phenoxy) is 1. The Morgan fingerprint density at radius 2 is 2.00 bits per heavy atom. The number of aromatic nitrogens is 1. The molecule has 0 saturated carbocycles. The van der Waals surface area contributed by atoms with Crippen LogP contribution in [0.1, 0.15) is 37.0 Å². The Kier molecular flexibility index (Phi) is 4.44. The van der Waals surface area contributed by atoms with Gasteiger partial charge in [0.1, 0.15) is 5.69 Å². The lowest BCUT2D eigenvalue weighted by atomic mass is 9.91. The first-order valence-corrected chi connectivity index (χ1v) is 7.45. The largest absolute Gasteiger partial charge is 0.463 e. The molecule has 0 saturated heterocycles. The van der Waals surface area contributed by atoms with Gasteiger partial charge in [-0.25, -0.2) is 9.78 Å². The minimum atomic E-state index is -0.542. The van der Waals surface area contributed by atoms with Crippen molar-refractivity contribution in [3.8, 4) is 11.5 Å². The fourth-order valence-electron chi connectivity index (χ4n) is 1.86. The number of halogens is 2. The quantitative estimate of drug-likeness (QED) is 0.708. The molecular weight excluding hydrogens is 358 g/mol. The van der Waals surface area contributed by atoms with Crippen LogP contribution in [0.5, 0.6) is 0 Å². The van der Waals surface area contributed by atoms with Crippen LogP contribution in [0.15, 0.2) is 27.1 Å². The van der Waals surface area contributed by atoms with Crippen LogP contribution in [0.25, 0.3) is 11.5 Å². The molecule has 112 valence electrons. The average molecular weight is 373 g/mol. The van der Waals surface area contributed by atoms with Gasteiger partial charge >= 0.3 is 5.97 Å². The molecule has 0 radical (unpaired) electrons. The van der Waals surface area contributed by atoms with Crippen molar-refractivity contribution in [1.82, 2.24) is 4.98 Å². The summed E-state index contributed by atoms with van der Waals surface area (Å²) in [5.41, 5.74) is 0.900. The third-order valence-electron chi connectivity index (χ3n) is 2.82. The molecule has 0 aliphatic rings. The third kappa shape index (κ3) is 3.47. The molecule has 0 N–H and O–H groups in total. The molecule has 21 heavy (non-hydrogen) atoms. The Morgan fingerprint density at radius 3 is 2.52 bits per heavy atom. The van der Waals surface area contributed by atoms with E-state index in [1.807, 2.05) is 26.8 Å². The molecule has 1 heterocycles. The maximum absolute atomic E-state index is 11.9. The Hall–Kier alpha value is -1.33. The number of methoxy groups -OCH3 is 1. The summed E-state index contributed by atoms with van der Waals surface area (Å²) >= 11 is 9.41. The van der Waals surface area contributed by atoms with E-state index < -0.39 is 5.97 Å². The first kappa shape index (κ1) is 16.0. The highest BCUT2D eigenvalue weighted by Crippen LogP contribution is 2.32. The van der Waals surface area contributed by atoms with E-state index in [4.69, 9.17) is 20.8 Å². The van der Waals surface area contributed by atoms with Crippen LogP contribution in [0.4, 0.5) is 0 Å². The van der Waals surface area contributed by atoms with Crippen LogP contribution < -0.4 is 0 Å². The number of rotatable bonds is 2. The van der Waals surface area contributed by atoms with Gasteiger partial charge in [-0.15, -0.1) is 0 Å². The number of carbonyl (C=O) groups is 1. The summed E-state index contributed by atoms with van der Waals surface area (Å²) < 4.78 is 11.2. The minimum Gasteiger partial charge on any atom is -0.463 e. The lowest BCUT2D eigenvalue weighted by Gasteiger charge is -2.15. The zero-order valence-corrected chi connectivity index (χ0v) is 14.5. The average Bonchev–Trinajstić information content (AvgIpc) is 2.81. The van der Waals surface area contributed by atoms with E-state index in [2.05, 4.69) is 20.9 Å². The van der Waals surface area contributed by atoms with Crippen molar-refractivity contribution in [2.75, 3.05) is 7.11 Å². The summed E-state index contributed by atoms with van der Waals surface area (Å²) in [6.07, 6.45) is 0. The topological polar surface area (TPSA) is 52.3 Å². The predicted molar refractivity (Wildman–Crippen MR) is 84.7 cm³/mol. The molecule has 2 aromatic rings. The number of oxazole rings is 1. The van der Waals surface area contributed by atoms with Crippen molar-refractivity contribution in [3.63, 3.8) is 0 Å². The number of benzene rings is 1. The molecular formula is C15H15BrClNO3. The Balaban J connectivity index is 2.61. The van der Waals surface area contributed by atoms with Crippen molar-refractivity contribution < 1.29 is 13.9 Å². The molecule has 0 atom stereocenters. The first-order valence-electron chi connectivity index (χ1n) is 6.28. The lowest BCUT2D eigenvalue weighted by molar-refractivity contribution is 0.0562. The van der Waals surface area contributed by atoms with E-state index in [-0.39, 0.29) is 11.2 Å². The highest BCUT2D eigenvalue weighted by atomic mass is 79.9. The zero-order chi connectivity index (χ0) is 15.8. The van der Waals surface area contributed by atoms with Gasteiger partial charge in [-0.1, -0.05) is 48.3 Å². The SMILES string of the molecule is COC(=O)c1oc(-c2cc(Cl)cc(Br)c2)nc1C(C)(C)C. The van der Waals surface area contributed by atoms with Crippen molar-refractivity contribution in [3.05, 3.63) is 39.1 Å². The van der Waals surface area contributed by atoms with E-state index in [9.17, 15) is 4.79 Å². The van der Waals surface area contributed by atoms with Crippen LogP contribution in [0.3, 0.4) is 0 Å². The summed E-state index contributed by atoms with van der Waals surface area (Å²) in [4.78, 5) is 16.3. The van der Waals surface area contributed by atoms with Gasteiger partial charge in [-0.05, 0) is 18.2 Å². The minimum absolute atomic E-state index is 0.121. The number of nitrogens with zero attached hydrogens (tertiary/aromatic N) is 1. The molecule has 6 heteroatoms. The van der Waals surface area contributed by atoms with Gasteiger partial charge in [0, 0.05) is 20.5 Å². The molecule has 0 aliphatic carbocycles. The monoisotopic (exact) mass is 371 g/mol. The zero-order valence-electron chi connectivity index (χ0n) is 12.2. The molecule has 4 nitrogen and oxygen atoms in total. The summed E-state index contributed by atoms with van der Waals surface area (Å²) in [5.74, 6) is -0.0839. The molecule has 1 aromatic carbocycles. The second kappa shape index (κ2) is 5.81. The normalized spacial score (nSPS) is 11.5. The Bertz CT molecular complexity index is 668. The van der Waals surface area contributed by atoms with E-state index in [0.717, 1.165) is 4.47 Å². The van der Waals surface area contributed by atoms with E-state index in [1.54, 1.807) is 12.1 Å². The molecule has 0 fully saturated rings. The van der Waals surface area contributed by atoms with Crippen molar-refractivity contribution in [2.45, 2.75) is 26.2 Å². The maximum atomic E-state index is 11.9. The van der Waals surface area contributed by atoms with E-state index in [1.165, 1.54) is 7.11 Å². The van der Waals surface area contributed by atoms with Crippen LogP contribution in [0, 0.1) is 0 Å². The third-order valence-corrected chi connectivity index (χ3v) is 3.49. The van der Waals surface area contributed by atoms with Crippen molar-refractivity contribution in [1.29, 1.82) is 0 Å². The standard InChI is InChI=1S/C15H15BrClNO3/c1-15(2,3)12-11(14(19)20-4)21-13(18-12)8-5-9(16)7-10(17)6-8/h5-7H,1-4H3. The van der Waals surface area contributed by atoms with Gasteiger partial charge in [-0.2, -0.15) is 0 Å². The van der Waals surface area contributed by atoms with E-state index >= 15 is 0 Å². The summed E-state index contributed by atoms with van der Waals surface area (Å²) in [7, 11) is 1.31. The van der Waals surface area contributed by atoms with Gasteiger partial charge in [0.15, 0.2) is 0 Å². The Morgan fingerprint density at radius 1 is 1.33 bits per heavy atom. The smallest absolute Gasteiger partial charge is 0.376 e. The summed E-state index contributed by atoms with van der Waals surface area (Å²) in [6, 6.07) is 5.32. The van der Waals surface area contributed by atoms with Gasteiger partial charge in [0.25, 0.3) is 0 Å². The number of hydrogen-bond donors (Lipinski definition) is 0. The molecule has 0 unspecified atom stereocenters. The summed E-state index contributed by atoms with van der Waals surface area (Å²) in [5, 5.41) is 0.550. The molecule has 0 bridgehead atoms. The van der Waals surface area contributed by atoms with Gasteiger partial charge in [0.05, 0.1) is 7.11 Å². The lowest BCUT2D eigenvalue weighted by Crippen LogP contribution is -2.17. The molecule has 1 aromatic heterocycles. The van der Waals surface area contributed by atoms with Gasteiger partial charge < -0.3 is 9.15 Å². The van der Waals surface area contributed by atoms with Crippen molar-refractivity contribution in [2.24, 2.45) is 0 Å². The van der Waals surface area contributed by atoms with Crippen LogP contribution in [-0.4, -0.2) is 18.1 Å². The predicted octanol–water partition coefficient (Wildman–Crippen LogP) is 4.84. The van der Waals surface area contributed by atoms with Gasteiger partial charge in [0.2, 0.25) is 11.7 Å². The fraction of sp³-hybridized carbons (Fsp3) is 0.333. The highest BCUT2D eigenvalue weighted by molar-refractivity contribution is 9.10. The number of esters is 1. The number of carbonyl (C=O) groups excluding carboxylic acids is 1. The van der Waals surface area contributed by atoms with Gasteiger partial charge in [-0.3, -0.25) is 0 Å². The number of hydrogen-bond acceptors (Lipinski definition) is 4. The molecule has 0 aliphatic heterocycles. The van der Waals surface area contributed by atoms with E-state index in [0.29, 0.717) is 22.2 Å². The van der Waals surface area contributed by atoms with Crippen molar-refractivity contribution >= 4 is 33.5 Å². The second-order valence-corrected chi connectivity index (χ2v) is 6.95. The highest BCUT2D eigenvalue weighted by Gasteiger charge is 2.30. The first-order chi connectivity index (χ1) is 9.72.